The van der Waals surface area contributed by atoms with Crippen LogP contribution in [0, 0.1) is 5.92 Å². The summed E-state index contributed by atoms with van der Waals surface area (Å²) in [5.41, 5.74) is 0.0999. The highest BCUT2D eigenvalue weighted by atomic mass is 16.5. The maximum Gasteiger partial charge on any atom is 0.0757 e. The van der Waals surface area contributed by atoms with Crippen LogP contribution in [0.25, 0.3) is 0 Å². The van der Waals surface area contributed by atoms with E-state index in [4.69, 9.17) is 14.2 Å². The number of nitrogens with one attached hydrogen (secondary N) is 1. The largest absolute Gasteiger partial charge is 0.381 e. The van der Waals surface area contributed by atoms with Gasteiger partial charge in [0.25, 0.3) is 0 Å². The summed E-state index contributed by atoms with van der Waals surface area (Å²) < 4.78 is 17.6. The van der Waals surface area contributed by atoms with Gasteiger partial charge in [-0.25, -0.2) is 0 Å². The van der Waals surface area contributed by atoms with Gasteiger partial charge in [0.1, 0.15) is 0 Å². The van der Waals surface area contributed by atoms with Crippen molar-refractivity contribution in [1.29, 1.82) is 0 Å². The van der Waals surface area contributed by atoms with Crippen LogP contribution in [0.5, 0.6) is 0 Å². The van der Waals surface area contributed by atoms with Gasteiger partial charge in [0.05, 0.1) is 11.7 Å². The zero-order valence-corrected chi connectivity index (χ0v) is 12.3. The minimum Gasteiger partial charge on any atom is -0.381 e. The second-order valence-corrected chi connectivity index (χ2v) is 7.07. The van der Waals surface area contributed by atoms with Gasteiger partial charge in [-0.2, -0.15) is 0 Å². The van der Waals surface area contributed by atoms with E-state index in [0.717, 1.165) is 58.0 Å². The Morgan fingerprint density at radius 2 is 1.75 bits per heavy atom. The predicted molar refractivity (Wildman–Crippen MR) is 75.8 cm³/mol. The first kappa shape index (κ1) is 13.5. The van der Waals surface area contributed by atoms with Crippen LogP contribution >= 0.6 is 0 Å². The molecule has 114 valence electrons. The average Bonchev–Trinajstić information content (AvgIpc) is 3.21. The standard InChI is InChI=1S/C16H27NO3/c1-2-12(1)15-14(4-7-19-15)17-13-3-8-20-16(11-13)5-9-18-10-6-16/h12-15,17H,1-11H2. The summed E-state index contributed by atoms with van der Waals surface area (Å²) in [4.78, 5) is 0. The van der Waals surface area contributed by atoms with Crippen LogP contribution in [0.1, 0.15) is 44.9 Å². The molecule has 4 fully saturated rings. The van der Waals surface area contributed by atoms with Crippen LogP contribution in [-0.2, 0) is 14.2 Å². The molecule has 20 heavy (non-hydrogen) atoms. The Morgan fingerprint density at radius 3 is 2.55 bits per heavy atom. The first-order valence-electron chi connectivity index (χ1n) is 8.44. The van der Waals surface area contributed by atoms with Crippen molar-refractivity contribution >= 4 is 0 Å². The third-order valence-electron chi connectivity index (χ3n) is 5.57. The third-order valence-corrected chi connectivity index (χ3v) is 5.57. The second kappa shape index (κ2) is 5.56. The summed E-state index contributed by atoms with van der Waals surface area (Å²) in [6.45, 7) is 3.58. The van der Waals surface area contributed by atoms with Crippen molar-refractivity contribution in [1.82, 2.24) is 5.32 Å². The van der Waals surface area contributed by atoms with E-state index >= 15 is 0 Å². The Morgan fingerprint density at radius 1 is 0.900 bits per heavy atom. The minimum atomic E-state index is 0.0999. The number of rotatable bonds is 3. The number of ether oxygens (including phenoxy) is 3. The second-order valence-electron chi connectivity index (χ2n) is 7.07. The first-order chi connectivity index (χ1) is 9.85. The highest BCUT2D eigenvalue weighted by Gasteiger charge is 2.44. The first-order valence-corrected chi connectivity index (χ1v) is 8.44. The molecule has 4 heteroatoms. The Kier molecular flexibility index (Phi) is 3.75. The maximum atomic E-state index is 6.14. The fourth-order valence-electron chi connectivity index (χ4n) is 4.24. The van der Waals surface area contributed by atoms with Gasteiger partial charge in [-0.1, -0.05) is 0 Å². The van der Waals surface area contributed by atoms with Gasteiger partial charge >= 0.3 is 0 Å². The normalized spacial score (nSPS) is 41.1. The lowest BCUT2D eigenvalue weighted by atomic mass is 9.83. The molecule has 1 spiro atoms. The van der Waals surface area contributed by atoms with Crippen LogP contribution in [0.2, 0.25) is 0 Å². The van der Waals surface area contributed by atoms with E-state index in [9.17, 15) is 0 Å². The molecule has 0 aromatic rings. The van der Waals surface area contributed by atoms with Crippen molar-refractivity contribution in [2.24, 2.45) is 5.92 Å². The van der Waals surface area contributed by atoms with Gasteiger partial charge in [-0.15, -0.1) is 0 Å². The molecule has 1 saturated carbocycles. The van der Waals surface area contributed by atoms with Gasteiger partial charge in [0, 0.05) is 38.5 Å². The van der Waals surface area contributed by atoms with Gasteiger partial charge in [0.2, 0.25) is 0 Å². The molecule has 3 aliphatic heterocycles. The predicted octanol–water partition coefficient (Wildman–Crippen LogP) is 1.87. The van der Waals surface area contributed by atoms with Crippen molar-refractivity contribution in [3.05, 3.63) is 0 Å². The third kappa shape index (κ3) is 2.76. The lowest BCUT2D eigenvalue weighted by molar-refractivity contribution is -0.141. The number of hydrogen-bond acceptors (Lipinski definition) is 4. The topological polar surface area (TPSA) is 39.7 Å². The quantitative estimate of drug-likeness (QED) is 0.857. The molecule has 3 atom stereocenters. The molecule has 3 saturated heterocycles. The Hall–Kier alpha value is -0.160. The summed E-state index contributed by atoms with van der Waals surface area (Å²) in [5.74, 6) is 0.840. The van der Waals surface area contributed by atoms with Crippen LogP contribution in [-0.4, -0.2) is 50.2 Å². The maximum absolute atomic E-state index is 6.14. The van der Waals surface area contributed by atoms with Crippen molar-refractivity contribution in [3.8, 4) is 0 Å². The lowest BCUT2D eigenvalue weighted by Crippen LogP contribution is -2.53. The molecule has 0 radical (unpaired) electrons. The molecule has 3 unspecified atom stereocenters. The molecule has 0 aromatic heterocycles. The summed E-state index contributed by atoms with van der Waals surface area (Å²) in [6.07, 6.45) is 8.87. The molecule has 4 rings (SSSR count). The van der Waals surface area contributed by atoms with E-state index in [1.54, 1.807) is 0 Å². The summed E-state index contributed by atoms with van der Waals surface area (Å²) in [6, 6.07) is 1.19. The Labute approximate surface area is 121 Å². The molecule has 4 aliphatic rings. The van der Waals surface area contributed by atoms with E-state index < -0.39 is 0 Å². The molecule has 3 heterocycles. The SMILES string of the molecule is C1CC2(CCO1)CC(NC1CCOC1C1CC1)CCO2. The van der Waals surface area contributed by atoms with E-state index in [1.807, 2.05) is 0 Å². The van der Waals surface area contributed by atoms with Gasteiger partial charge < -0.3 is 19.5 Å². The van der Waals surface area contributed by atoms with Crippen molar-refractivity contribution < 1.29 is 14.2 Å². The van der Waals surface area contributed by atoms with E-state index in [0.29, 0.717) is 18.2 Å². The summed E-state index contributed by atoms with van der Waals surface area (Å²) in [7, 11) is 0. The molecular weight excluding hydrogens is 254 g/mol. The molecule has 1 aliphatic carbocycles. The van der Waals surface area contributed by atoms with Crippen LogP contribution in [0.3, 0.4) is 0 Å². The van der Waals surface area contributed by atoms with Crippen LogP contribution in [0.15, 0.2) is 0 Å². The Bertz CT molecular complexity index is 333. The van der Waals surface area contributed by atoms with Crippen molar-refractivity contribution in [2.45, 2.75) is 68.7 Å². The van der Waals surface area contributed by atoms with Gasteiger partial charge in [-0.3, -0.25) is 0 Å². The van der Waals surface area contributed by atoms with Crippen LogP contribution < -0.4 is 5.32 Å². The van der Waals surface area contributed by atoms with Crippen molar-refractivity contribution in [3.63, 3.8) is 0 Å². The smallest absolute Gasteiger partial charge is 0.0757 e. The summed E-state index contributed by atoms with van der Waals surface area (Å²) >= 11 is 0. The van der Waals surface area contributed by atoms with Gasteiger partial charge in [-0.05, 0) is 50.9 Å². The van der Waals surface area contributed by atoms with E-state index in [-0.39, 0.29) is 5.60 Å². The highest BCUT2D eigenvalue weighted by molar-refractivity contribution is 4.97. The lowest BCUT2D eigenvalue weighted by Gasteiger charge is -2.44. The highest BCUT2D eigenvalue weighted by Crippen LogP contribution is 2.40. The molecule has 0 aromatic carbocycles. The van der Waals surface area contributed by atoms with E-state index in [2.05, 4.69) is 5.32 Å². The monoisotopic (exact) mass is 281 g/mol. The minimum absolute atomic E-state index is 0.0999. The molecule has 1 N–H and O–H groups in total. The van der Waals surface area contributed by atoms with Crippen molar-refractivity contribution in [2.75, 3.05) is 26.4 Å². The molecule has 0 bridgehead atoms. The molecule has 4 nitrogen and oxygen atoms in total. The van der Waals surface area contributed by atoms with Gasteiger partial charge in [0.15, 0.2) is 0 Å². The zero-order chi connectivity index (χ0) is 13.4. The fourth-order valence-corrected chi connectivity index (χ4v) is 4.24. The Balaban J connectivity index is 1.36. The molecular formula is C16H27NO3. The number of hydrogen-bond donors (Lipinski definition) is 1. The average molecular weight is 281 g/mol. The van der Waals surface area contributed by atoms with E-state index in [1.165, 1.54) is 19.3 Å². The zero-order valence-electron chi connectivity index (χ0n) is 12.3. The summed E-state index contributed by atoms with van der Waals surface area (Å²) in [5, 5.41) is 3.91. The van der Waals surface area contributed by atoms with Crippen LogP contribution in [0.4, 0.5) is 0 Å². The molecule has 0 amide bonds. The fraction of sp³-hybridized carbons (Fsp3) is 1.00.